The number of hydrogen-bond donors (Lipinski definition) is 1. The number of anilines is 1. The predicted molar refractivity (Wildman–Crippen MR) is 166 cm³/mol. The molecule has 8 rings (SSSR count). The first-order valence-electron chi connectivity index (χ1n) is 14.8. The number of hydrogen-bond acceptors (Lipinski definition) is 8. The minimum absolute atomic E-state index is 0.00296. The van der Waals surface area contributed by atoms with E-state index in [1.165, 1.54) is 16.2 Å². The summed E-state index contributed by atoms with van der Waals surface area (Å²) in [6.45, 7) is 2.01. The third kappa shape index (κ3) is 4.18. The quantitative estimate of drug-likeness (QED) is 0.205. The van der Waals surface area contributed by atoms with E-state index in [9.17, 15) is 19.2 Å². The molecule has 3 heterocycles. The van der Waals surface area contributed by atoms with Crippen molar-refractivity contribution in [1.82, 2.24) is 4.98 Å². The van der Waals surface area contributed by atoms with Gasteiger partial charge in [-0.05, 0) is 85.2 Å². The van der Waals surface area contributed by atoms with E-state index in [0.29, 0.717) is 17.0 Å². The SMILES string of the molecule is CCOC(=O)c1ccc(N2C(=O)C3C4CC(C3C2=O)C2C(c3cccc(Oc5ccccc5)c3)c3sc(=O)[nH]c3SC42)cc1. The number of aromatic amines is 1. The third-order valence-corrected chi connectivity index (χ3v) is 12.1. The summed E-state index contributed by atoms with van der Waals surface area (Å²) in [5.74, 6) is -0.155. The van der Waals surface area contributed by atoms with Gasteiger partial charge in [-0.15, -0.1) is 11.8 Å². The van der Waals surface area contributed by atoms with Crippen molar-refractivity contribution in [2.45, 2.75) is 29.5 Å². The molecule has 2 aliphatic heterocycles. The Morgan fingerprint density at radius 1 is 0.909 bits per heavy atom. The molecule has 2 bridgehead atoms. The molecule has 1 saturated heterocycles. The van der Waals surface area contributed by atoms with Crippen LogP contribution in [0.5, 0.6) is 11.5 Å². The Bertz CT molecular complexity index is 1850. The molecule has 0 radical (unpaired) electrons. The molecule has 3 aromatic carbocycles. The van der Waals surface area contributed by atoms with Crippen LogP contribution in [0.2, 0.25) is 0 Å². The van der Waals surface area contributed by atoms with E-state index in [-0.39, 0.29) is 52.2 Å². The van der Waals surface area contributed by atoms with E-state index in [2.05, 4.69) is 11.1 Å². The number of imide groups is 1. The molecule has 2 amide bonds. The van der Waals surface area contributed by atoms with E-state index in [1.807, 2.05) is 48.5 Å². The summed E-state index contributed by atoms with van der Waals surface area (Å²) in [6, 6.07) is 24.1. The minimum atomic E-state index is -0.441. The predicted octanol–water partition coefficient (Wildman–Crippen LogP) is 6.08. The maximum atomic E-state index is 14.1. The van der Waals surface area contributed by atoms with E-state index in [1.54, 1.807) is 43.0 Å². The summed E-state index contributed by atoms with van der Waals surface area (Å²) < 4.78 is 11.3. The van der Waals surface area contributed by atoms with Crippen molar-refractivity contribution < 1.29 is 23.9 Å². The summed E-state index contributed by atoms with van der Waals surface area (Å²) >= 11 is 2.90. The Hall–Kier alpha value is -4.15. The van der Waals surface area contributed by atoms with Gasteiger partial charge in [-0.25, -0.2) is 4.79 Å². The van der Waals surface area contributed by atoms with Crippen LogP contribution in [0.15, 0.2) is 88.7 Å². The standard InChI is InChI=1S/C34H28N2O6S2/c1-2-41-33(39)17-11-13-19(14-12-17)36-31(37)26-22-16-23(27(26)32(36)38)28-25(22)24(29-30(43-28)35-34(40)44-29)18-7-6-10-21(15-18)42-20-8-4-3-5-9-20/h3-15,22-28H,2,16H2,1H3,(H,35,40). The first-order valence-corrected chi connectivity index (χ1v) is 16.5. The average molecular weight is 625 g/mol. The molecule has 7 atom stereocenters. The maximum absolute atomic E-state index is 14.1. The lowest BCUT2D eigenvalue weighted by Crippen LogP contribution is -2.42. The molecule has 7 unspecified atom stereocenters. The van der Waals surface area contributed by atoms with Crippen LogP contribution >= 0.6 is 23.1 Å². The van der Waals surface area contributed by atoms with E-state index < -0.39 is 17.8 Å². The van der Waals surface area contributed by atoms with Crippen molar-refractivity contribution in [3.05, 3.63) is 105 Å². The molecule has 3 fully saturated rings. The van der Waals surface area contributed by atoms with Gasteiger partial charge in [0, 0.05) is 16.0 Å². The maximum Gasteiger partial charge on any atom is 0.338 e. The minimum Gasteiger partial charge on any atom is -0.462 e. The van der Waals surface area contributed by atoms with E-state index in [4.69, 9.17) is 9.47 Å². The number of aromatic nitrogens is 1. The molecule has 222 valence electrons. The van der Waals surface area contributed by atoms with Gasteiger partial charge >= 0.3 is 10.8 Å². The molecule has 2 aliphatic carbocycles. The van der Waals surface area contributed by atoms with Gasteiger partial charge < -0.3 is 14.5 Å². The van der Waals surface area contributed by atoms with Gasteiger partial charge in [0.25, 0.3) is 0 Å². The third-order valence-electron chi connectivity index (χ3n) is 9.56. The van der Waals surface area contributed by atoms with Gasteiger partial charge in [0.1, 0.15) is 11.5 Å². The molecule has 0 spiro atoms. The average Bonchev–Trinajstić information content (AvgIpc) is 3.77. The molecule has 1 aromatic heterocycles. The van der Waals surface area contributed by atoms with Crippen molar-refractivity contribution in [1.29, 1.82) is 0 Å². The molecule has 4 aliphatic rings. The topological polar surface area (TPSA) is 106 Å². The molecule has 8 nitrogen and oxygen atoms in total. The van der Waals surface area contributed by atoms with Crippen molar-refractivity contribution >= 4 is 46.6 Å². The number of fused-ring (bicyclic) bond motifs is 9. The van der Waals surface area contributed by atoms with Crippen LogP contribution in [0.1, 0.15) is 40.1 Å². The number of nitrogens with one attached hydrogen (secondary N) is 1. The number of carbonyl (C=O) groups is 3. The highest BCUT2D eigenvalue weighted by Crippen LogP contribution is 2.68. The van der Waals surface area contributed by atoms with Gasteiger partial charge in [0.15, 0.2) is 0 Å². The fourth-order valence-electron chi connectivity index (χ4n) is 8.00. The lowest BCUT2D eigenvalue weighted by Gasteiger charge is -2.43. The molecular weight excluding hydrogens is 597 g/mol. The lowest BCUT2D eigenvalue weighted by molar-refractivity contribution is -0.123. The van der Waals surface area contributed by atoms with Crippen LogP contribution in [-0.2, 0) is 14.3 Å². The molecule has 1 N–H and O–H groups in total. The largest absolute Gasteiger partial charge is 0.462 e. The number of nitrogens with zero attached hydrogens (tertiary/aromatic N) is 1. The zero-order chi connectivity index (χ0) is 30.1. The lowest BCUT2D eigenvalue weighted by atomic mass is 9.68. The number of H-pyrrole nitrogens is 1. The Morgan fingerprint density at radius 2 is 1.64 bits per heavy atom. The molecule has 44 heavy (non-hydrogen) atoms. The molecule has 10 heteroatoms. The summed E-state index contributed by atoms with van der Waals surface area (Å²) in [6.07, 6.45) is 0.806. The number of thioether (sulfide) groups is 1. The Labute approximate surface area is 261 Å². The number of thiazole rings is 1. The van der Waals surface area contributed by atoms with Crippen LogP contribution < -0.4 is 14.5 Å². The number of para-hydroxylation sites is 1. The Morgan fingerprint density at radius 3 is 2.39 bits per heavy atom. The number of rotatable bonds is 6. The van der Waals surface area contributed by atoms with Crippen molar-refractivity contribution in [2.75, 3.05) is 11.5 Å². The van der Waals surface area contributed by atoms with Crippen LogP contribution in [0.25, 0.3) is 0 Å². The molecule has 2 saturated carbocycles. The number of benzene rings is 3. The van der Waals surface area contributed by atoms with Crippen LogP contribution in [0.3, 0.4) is 0 Å². The number of carbonyl (C=O) groups excluding carboxylic acids is 3. The summed E-state index contributed by atoms with van der Waals surface area (Å²) in [5.41, 5.74) is 1.89. The van der Waals surface area contributed by atoms with Crippen molar-refractivity contribution in [3.63, 3.8) is 0 Å². The Kier molecular flexibility index (Phi) is 6.53. The summed E-state index contributed by atoms with van der Waals surface area (Å²) in [7, 11) is 0. The first-order chi connectivity index (χ1) is 21.4. The fourth-order valence-corrected chi connectivity index (χ4v) is 10.9. The second-order valence-electron chi connectivity index (χ2n) is 11.7. The van der Waals surface area contributed by atoms with E-state index in [0.717, 1.165) is 27.6 Å². The number of amides is 2. The van der Waals surface area contributed by atoms with Crippen LogP contribution in [0.4, 0.5) is 5.69 Å². The Balaban J connectivity index is 1.14. The second-order valence-corrected chi connectivity index (χ2v) is 13.9. The van der Waals surface area contributed by atoms with E-state index >= 15 is 0 Å². The van der Waals surface area contributed by atoms with Crippen molar-refractivity contribution in [2.24, 2.45) is 29.6 Å². The summed E-state index contributed by atoms with van der Waals surface area (Å²) in [4.78, 5) is 58.1. The van der Waals surface area contributed by atoms with Crippen molar-refractivity contribution in [3.8, 4) is 11.5 Å². The number of ether oxygens (including phenoxy) is 2. The normalized spacial score (nSPS) is 28.0. The van der Waals surface area contributed by atoms with Crippen LogP contribution in [0, 0.1) is 29.6 Å². The zero-order valence-corrected chi connectivity index (χ0v) is 25.3. The van der Waals surface area contributed by atoms with Gasteiger partial charge in [-0.3, -0.25) is 19.3 Å². The smallest absolute Gasteiger partial charge is 0.338 e. The first kappa shape index (κ1) is 27.4. The van der Waals surface area contributed by atoms with Gasteiger partial charge in [0.05, 0.1) is 34.7 Å². The van der Waals surface area contributed by atoms with Gasteiger partial charge in [0.2, 0.25) is 11.8 Å². The molecular formula is C34H28N2O6S2. The molecule has 4 aromatic rings. The highest BCUT2D eigenvalue weighted by molar-refractivity contribution is 8.00. The highest BCUT2D eigenvalue weighted by Gasteiger charge is 2.69. The fraction of sp³-hybridized carbons (Fsp3) is 0.294. The zero-order valence-electron chi connectivity index (χ0n) is 23.7. The second kappa shape index (κ2) is 10.5. The van der Waals surface area contributed by atoms with Gasteiger partial charge in [-0.1, -0.05) is 41.7 Å². The highest BCUT2D eigenvalue weighted by atomic mass is 32.2. The summed E-state index contributed by atoms with van der Waals surface area (Å²) in [5, 5.41) is 0.957. The van der Waals surface area contributed by atoms with Crippen LogP contribution in [-0.4, -0.2) is 34.6 Å². The monoisotopic (exact) mass is 624 g/mol. The van der Waals surface area contributed by atoms with Gasteiger partial charge in [-0.2, -0.15) is 0 Å². The number of esters is 1.